The lowest BCUT2D eigenvalue weighted by Gasteiger charge is -2.28. The molecule has 1 aromatic rings. The Bertz CT molecular complexity index is 1050. The lowest BCUT2D eigenvalue weighted by Crippen LogP contribution is -2.31. The highest BCUT2D eigenvalue weighted by molar-refractivity contribution is 8.06. The van der Waals surface area contributed by atoms with E-state index in [4.69, 9.17) is 0 Å². The van der Waals surface area contributed by atoms with Gasteiger partial charge in [0.15, 0.2) is 0 Å². The van der Waals surface area contributed by atoms with Crippen molar-refractivity contribution >= 4 is 29.6 Å². The maximum atomic E-state index is 4.40. The van der Waals surface area contributed by atoms with Crippen LogP contribution in [0.3, 0.4) is 0 Å². The van der Waals surface area contributed by atoms with Crippen molar-refractivity contribution in [3.8, 4) is 0 Å². The summed E-state index contributed by atoms with van der Waals surface area (Å²) in [7, 11) is 4.11. The average Bonchev–Trinajstić information content (AvgIpc) is 2.89. The van der Waals surface area contributed by atoms with E-state index in [1.165, 1.54) is 25.9 Å². The van der Waals surface area contributed by atoms with E-state index in [9.17, 15) is 0 Å². The smallest absolute Gasteiger partial charge is 0.0968 e. The van der Waals surface area contributed by atoms with Crippen LogP contribution in [0.2, 0.25) is 0 Å². The number of aromatic nitrogens is 1. The summed E-state index contributed by atoms with van der Waals surface area (Å²) in [4.78, 5) is 8.83. The molecule has 0 atom stereocenters. The van der Waals surface area contributed by atoms with E-state index < -0.39 is 0 Å². The number of nitrogens with one attached hydrogen (secondary N) is 1. The molecule has 2 heterocycles. The van der Waals surface area contributed by atoms with Crippen LogP contribution in [0.1, 0.15) is 46.1 Å². The van der Waals surface area contributed by atoms with E-state index in [0.29, 0.717) is 0 Å². The minimum Gasteiger partial charge on any atom is -0.392 e. The number of pyridine rings is 1. The number of thioether (sulfide) groups is 2. The second kappa shape index (κ2) is 17.9. The van der Waals surface area contributed by atoms with Gasteiger partial charge in [0.05, 0.1) is 5.03 Å². The first kappa shape index (κ1) is 32.6. The molecule has 0 aliphatic carbocycles. The summed E-state index contributed by atoms with van der Waals surface area (Å²) in [6, 6.07) is 4.11. The molecule has 0 aromatic carbocycles. The lowest BCUT2D eigenvalue weighted by atomic mass is 10.0. The zero-order chi connectivity index (χ0) is 27.8. The van der Waals surface area contributed by atoms with Gasteiger partial charge in [-0.25, -0.2) is 4.98 Å². The van der Waals surface area contributed by atoms with E-state index in [-0.39, 0.29) is 0 Å². The summed E-state index contributed by atoms with van der Waals surface area (Å²) in [5, 5.41) is 5.01. The van der Waals surface area contributed by atoms with Crippen LogP contribution in [-0.2, 0) is 0 Å². The van der Waals surface area contributed by atoms with E-state index in [1.807, 2.05) is 70.9 Å². The fourth-order valence-corrected chi connectivity index (χ4v) is 5.40. The lowest BCUT2D eigenvalue weighted by molar-refractivity contribution is 0.282. The molecule has 0 amide bonds. The Labute approximate surface area is 235 Å². The summed E-state index contributed by atoms with van der Waals surface area (Å²) in [6.07, 6.45) is 16.5. The minimum atomic E-state index is 0.726. The highest BCUT2D eigenvalue weighted by Gasteiger charge is 2.18. The van der Waals surface area contributed by atoms with Crippen molar-refractivity contribution in [2.75, 3.05) is 27.2 Å². The molecule has 2 rings (SSSR count). The maximum absolute atomic E-state index is 4.40. The van der Waals surface area contributed by atoms with Gasteiger partial charge in [-0.1, -0.05) is 62.4 Å². The van der Waals surface area contributed by atoms with Crippen LogP contribution in [-0.4, -0.2) is 42.3 Å². The molecule has 1 fully saturated rings. The number of piperidine rings is 1. The number of hydrogen-bond acceptors (Lipinski definition) is 5. The first-order valence-corrected chi connectivity index (χ1v) is 14.4. The SMILES string of the molecule is C=CC(=C/C)/C(=C\C(=C/C)C(=C)SC(=C)C)/C=C(\C)NC.C=Cc1ccnc(SC2CCN(C)CC2)c1. The van der Waals surface area contributed by atoms with Crippen LogP contribution >= 0.6 is 23.5 Å². The van der Waals surface area contributed by atoms with Crippen molar-refractivity contribution in [1.82, 2.24) is 15.2 Å². The van der Waals surface area contributed by atoms with Crippen molar-refractivity contribution in [3.63, 3.8) is 0 Å². The largest absolute Gasteiger partial charge is 0.392 e. The molecule has 1 N–H and O–H groups in total. The topological polar surface area (TPSA) is 28.2 Å². The third-order valence-electron chi connectivity index (χ3n) is 5.82. The second-order valence-corrected chi connectivity index (χ2v) is 11.6. The van der Waals surface area contributed by atoms with Crippen molar-refractivity contribution in [3.05, 3.63) is 113 Å². The van der Waals surface area contributed by atoms with Crippen molar-refractivity contribution < 1.29 is 0 Å². The molecular weight excluding hydrogens is 491 g/mol. The van der Waals surface area contributed by atoms with E-state index >= 15 is 0 Å². The fourth-order valence-electron chi connectivity index (χ4n) is 3.57. The normalized spacial score (nSPS) is 15.9. The third kappa shape index (κ3) is 12.6. The molecule has 0 spiro atoms. The summed E-state index contributed by atoms with van der Waals surface area (Å²) in [5.41, 5.74) is 5.55. The number of hydrogen-bond donors (Lipinski definition) is 1. The van der Waals surface area contributed by atoms with Crippen molar-refractivity contribution in [2.24, 2.45) is 0 Å². The molecular formula is C32H45N3S2. The van der Waals surface area contributed by atoms with Gasteiger partial charge in [0.1, 0.15) is 0 Å². The van der Waals surface area contributed by atoms with Crippen LogP contribution in [0.5, 0.6) is 0 Å². The summed E-state index contributed by atoms with van der Waals surface area (Å²) < 4.78 is 0. The molecule has 5 heteroatoms. The molecule has 0 saturated carbocycles. The zero-order valence-electron chi connectivity index (χ0n) is 23.6. The molecule has 200 valence electrons. The third-order valence-corrected chi connectivity index (χ3v) is 7.92. The highest BCUT2D eigenvalue weighted by atomic mass is 32.2. The monoisotopic (exact) mass is 535 g/mol. The van der Waals surface area contributed by atoms with E-state index in [0.717, 1.165) is 48.1 Å². The fraction of sp³-hybridized carbons (Fsp3) is 0.344. The minimum absolute atomic E-state index is 0.726. The van der Waals surface area contributed by atoms with Crippen molar-refractivity contribution in [1.29, 1.82) is 0 Å². The molecule has 0 radical (unpaired) electrons. The Morgan fingerprint density at radius 2 is 1.70 bits per heavy atom. The maximum Gasteiger partial charge on any atom is 0.0968 e. The predicted octanol–water partition coefficient (Wildman–Crippen LogP) is 8.81. The molecule has 3 nitrogen and oxygen atoms in total. The van der Waals surface area contributed by atoms with Crippen LogP contribution in [0, 0.1) is 0 Å². The Balaban J connectivity index is 0.000000381. The van der Waals surface area contributed by atoms with Crippen LogP contribution < -0.4 is 5.32 Å². The van der Waals surface area contributed by atoms with Crippen LogP contribution in [0.25, 0.3) is 6.08 Å². The number of allylic oxidation sites excluding steroid dienone is 10. The van der Waals surface area contributed by atoms with Crippen molar-refractivity contribution in [2.45, 2.75) is 50.8 Å². The Morgan fingerprint density at radius 1 is 1.05 bits per heavy atom. The quantitative estimate of drug-likeness (QED) is 0.286. The summed E-state index contributed by atoms with van der Waals surface area (Å²) in [6.45, 7) is 26.2. The number of nitrogens with zero attached hydrogens (tertiary/aromatic N) is 2. The molecule has 37 heavy (non-hydrogen) atoms. The van der Waals surface area contributed by atoms with Gasteiger partial charge in [0, 0.05) is 29.1 Å². The van der Waals surface area contributed by atoms with E-state index in [2.05, 4.69) is 78.9 Å². The Kier molecular flexibility index (Phi) is 15.7. The van der Waals surface area contributed by atoms with Gasteiger partial charge < -0.3 is 10.2 Å². The van der Waals surface area contributed by atoms with Gasteiger partial charge in [-0.2, -0.15) is 0 Å². The van der Waals surface area contributed by atoms with Gasteiger partial charge in [0.25, 0.3) is 0 Å². The molecule has 1 aromatic heterocycles. The Morgan fingerprint density at radius 3 is 2.22 bits per heavy atom. The average molecular weight is 536 g/mol. The molecule has 0 unspecified atom stereocenters. The number of likely N-dealkylation sites (tertiary alicyclic amines) is 1. The first-order chi connectivity index (χ1) is 17.7. The first-order valence-electron chi connectivity index (χ1n) is 12.7. The van der Waals surface area contributed by atoms with E-state index in [1.54, 1.807) is 11.8 Å². The van der Waals surface area contributed by atoms with Gasteiger partial charge >= 0.3 is 0 Å². The predicted molar refractivity (Wildman–Crippen MR) is 171 cm³/mol. The second-order valence-electron chi connectivity index (χ2n) is 8.85. The molecule has 0 bridgehead atoms. The van der Waals surface area contributed by atoms with Gasteiger partial charge in [0.2, 0.25) is 0 Å². The summed E-state index contributed by atoms with van der Waals surface area (Å²) in [5.74, 6) is 0. The van der Waals surface area contributed by atoms with Gasteiger partial charge in [-0.05, 0) is 112 Å². The molecule has 1 aliphatic heterocycles. The number of rotatable bonds is 11. The molecule has 1 saturated heterocycles. The standard InChI is InChI=1S/C19H27NS.C13H18N2S/c1-9-17(10-2)19(12-15(6)20-8)13-18(11-3)16(7)21-14(4)5;1-3-11-4-7-14-13(10-11)16-12-5-8-15(2)9-6-12/h9-13,20H,1,4,7H2,2-3,5-6,8H3;3-4,7,10,12H,1,5-6,8-9H2,2H3/b15-12+,17-10-,18-11+,19-13-;. The highest BCUT2D eigenvalue weighted by Crippen LogP contribution is 2.31. The van der Waals surface area contributed by atoms with Crippen LogP contribution in [0.4, 0.5) is 0 Å². The zero-order valence-corrected chi connectivity index (χ0v) is 25.3. The molecule has 1 aliphatic rings. The summed E-state index contributed by atoms with van der Waals surface area (Å²) >= 11 is 3.51. The van der Waals surface area contributed by atoms with Crippen LogP contribution in [0.15, 0.2) is 112 Å². The Hall–Kier alpha value is -2.47. The van der Waals surface area contributed by atoms with Gasteiger partial charge in [-0.3, -0.25) is 0 Å². The van der Waals surface area contributed by atoms with Gasteiger partial charge in [-0.15, -0.1) is 11.8 Å².